The summed E-state index contributed by atoms with van der Waals surface area (Å²) in [5.41, 5.74) is 2.76. The van der Waals surface area contributed by atoms with Crippen molar-refractivity contribution in [1.29, 1.82) is 0 Å². The largest absolute Gasteiger partial charge is 0.466 e. The molecule has 4 rings (SSSR count). The van der Waals surface area contributed by atoms with Crippen LogP contribution in [-0.4, -0.2) is 51.3 Å². The van der Waals surface area contributed by atoms with Crippen LogP contribution in [-0.2, 0) is 9.53 Å². The number of aryl methyl sites for hydroxylation is 1. The molecule has 0 spiro atoms. The first-order chi connectivity index (χ1) is 14.9. The second kappa shape index (κ2) is 8.73. The quantitative estimate of drug-likeness (QED) is 0.537. The maximum absolute atomic E-state index is 12.5. The third-order valence-corrected chi connectivity index (χ3v) is 6.60. The van der Waals surface area contributed by atoms with Gasteiger partial charge in [-0.3, -0.25) is 14.4 Å². The highest BCUT2D eigenvalue weighted by Gasteiger charge is 2.36. The Labute approximate surface area is 182 Å². The molecule has 2 saturated heterocycles. The summed E-state index contributed by atoms with van der Waals surface area (Å²) in [5, 5.41) is 0. The molecular weight excluding hydrogens is 394 g/mol. The maximum atomic E-state index is 12.5. The van der Waals surface area contributed by atoms with Gasteiger partial charge in [-0.2, -0.15) is 0 Å². The number of esters is 1. The number of carbonyl (C=O) groups excluding carboxylic acids is 1. The van der Waals surface area contributed by atoms with Crippen molar-refractivity contribution in [1.82, 2.24) is 0 Å². The van der Waals surface area contributed by atoms with E-state index in [0.29, 0.717) is 57.0 Å². The van der Waals surface area contributed by atoms with Gasteiger partial charge < -0.3 is 19.4 Å². The smallest absolute Gasteiger partial charge is 0.309 e. The minimum Gasteiger partial charge on any atom is -0.466 e. The van der Waals surface area contributed by atoms with Crippen molar-refractivity contribution in [3.05, 3.63) is 50.3 Å². The van der Waals surface area contributed by atoms with E-state index in [2.05, 4.69) is 47.9 Å². The Bertz CT molecular complexity index is 1000. The Morgan fingerprint density at radius 3 is 2.16 bits per heavy atom. The summed E-state index contributed by atoms with van der Waals surface area (Å²) in [4.78, 5) is 43.4. The van der Waals surface area contributed by atoms with Crippen molar-refractivity contribution in [2.75, 3.05) is 54.0 Å². The van der Waals surface area contributed by atoms with E-state index in [0.717, 1.165) is 6.54 Å². The highest BCUT2D eigenvalue weighted by Crippen LogP contribution is 2.31. The summed E-state index contributed by atoms with van der Waals surface area (Å²) in [6, 6.07) is 8.73. The summed E-state index contributed by atoms with van der Waals surface area (Å²) in [6.45, 7) is 9.82. The van der Waals surface area contributed by atoms with Gasteiger partial charge in [0.25, 0.3) is 10.9 Å². The maximum Gasteiger partial charge on any atom is 0.309 e. The van der Waals surface area contributed by atoms with E-state index in [1.807, 2.05) is 11.8 Å². The lowest BCUT2D eigenvalue weighted by Gasteiger charge is -2.44. The van der Waals surface area contributed by atoms with Crippen LogP contribution in [0.1, 0.15) is 32.3 Å². The SMILES string of the molecule is CCOC(=O)C1CCN(c2c(N3CCN(c4ccc(C)cc4)[C@H](C)C3)c(=O)c2=O)CC1. The summed E-state index contributed by atoms with van der Waals surface area (Å²) < 4.78 is 5.13. The zero-order valence-electron chi connectivity index (χ0n) is 18.6. The Kier molecular flexibility index (Phi) is 6.03. The number of nitrogens with zero attached hydrogens (tertiary/aromatic N) is 3. The number of hydrogen-bond acceptors (Lipinski definition) is 7. The van der Waals surface area contributed by atoms with E-state index in [1.54, 1.807) is 0 Å². The number of benzene rings is 1. The molecule has 0 saturated carbocycles. The highest BCUT2D eigenvalue weighted by molar-refractivity contribution is 5.78. The van der Waals surface area contributed by atoms with Gasteiger partial charge in [0.1, 0.15) is 11.4 Å². The first-order valence-corrected chi connectivity index (χ1v) is 11.2. The van der Waals surface area contributed by atoms with E-state index in [4.69, 9.17) is 4.74 Å². The van der Waals surface area contributed by atoms with E-state index in [-0.39, 0.29) is 23.4 Å². The fraction of sp³-hybridized carbons (Fsp3) is 0.542. The van der Waals surface area contributed by atoms with Crippen molar-refractivity contribution in [2.24, 2.45) is 5.92 Å². The molecule has 2 aromatic carbocycles. The zero-order valence-corrected chi connectivity index (χ0v) is 18.6. The van der Waals surface area contributed by atoms with Crippen LogP contribution in [0.4, 0.5) is 17.1 Å². The van der Waals surface area contributed by atoms with Crippen molar-refractivity contribution in [2.45, 2.75) is 39.7 Å². The normalized spacial score (nSPS) is 20.4. The van der Waals surface area contributed by atoms with Crippen LogP contribution in [0, 0.1) is 12.8 Å². The second-order valence-corrected chi connectivity index (χ2v) is 8.69. The Balaban J connectivity index is 1.45. The van der Waals surface area contributed by atoms with Crippen LogP contribution >= 0.6 is 0 Å². The standard InChI is InChI=1S/C24H31N3O4/c1-4-31-24(30)18-9-11-25(12-10-18)20-21(23(29)22(20)28)26-13-14-27(17(3)15-26)19-7-5-16(2)6-8-19/h5-8,17-18H,4,9-15H2,1-3H3/t17-/m1/s1. The molecule has 0 bridgehead atoms. The zero-order chi connectivity index (χ0) is 22.1. The molecule has 0 aliphatic carbocycles. The lowest BCUT2D eigenvalue weighted by atomic mass is 9.95. The number of anilines is 3. The van der Waals surface area contributed by atoms with Crippen LogP contribution in [0.3, 0.4) is 0 Å². The number of carbonyl (C=O) groups is 1. The van der Waals surface area contributed by atoms with Gasteiger partial charge in [-0.15, -0.1) is 0 Å². The van der Waals surface area contributed by atoms with Gasteiger partial charge in [0.2, 0.25) is 0 Å². The summed E-state index contributed by atoms with van der Waals surface area (Å²) in [5.74, 6) is -0.280. The van der Waals surface area contributed by atoms with Gasteiger partial charge in [0.05, 0.1) is 12.5 Å². The monoisotopic (exact) mass is 425 g/mol. The number of hydrogen-bond donors (Lipinski definition) is 0. The van der Waals surface area contributed by atoms with E-state index < -0.39 is 5.43 Å². The van der Waals surface area contributed by atoms with Crippen molar-refractivity contribution < 1.29 is 9.53 Å². The molecule has 0 N–H and O–H groups in total. The first-order valence-electron chi connectivity index (χ1n) is 11.2. The van der Waals surface area contributed by atoms with Crippen LogP contribution in [0.25, 0.3) is 0 Å². The number of rotatable bonds is 5. The minimum absolute atomic E-state index is 0.121. The fourth-order valence-corrected chi connectivity index (χ4v) is 4.83. The molecule has 2 aliphatic rings. The summed E-state index contributed by atoms with van der Waals surface area (Å²) >= 11 is 0. The van der Waals surface area contributed by atoms with Crippen LogP contribution in [0.15, 0.2) is 33.9 Å². The van der Waals surface area contributed by atoms with Gasteiger partial charge in [0, 0.05) is 44.5 Å². The van der Waals surface area contributed by atoms with Crippen molar-refractivity contribution in [3.8, 4) is 0 Å². The molecule has 0 aromatic heterocycles. The van der Waals surface area contributed by atoms with Gasteiger partial charge in [-0.1, -0.05) is 17.7 Å². The number of ether oxygens (including phenoxy) is 1. The van der Waals surface area contributed by atoms with Crippen LogP contribution in [0.2, 0.25) is 0 Å². The first kappa shape index (κ1) is 21.4. The van der Waals surface area contributed by atoms with Crippen molar-refractivity contribution >= 4 is 23.0 Å². The Hall–Kier alpha value is -2.83. The lowest BCUT2D eigenvalue weighted by Crippen LogP contribution is -2.56. The van der Waals surface area contributed by atoms with E-state index in [1.165, 1.54) is 11.3 Å². The van der Waals surface area contributed by atoms with Crippen LogP contribution in [0.5, 0.6) is 0 Å². The third-order valence-electron chi connectivity index (χ3n) is 6.60. The fourth-order valence-electron chi connectivity index (χ4n) is 4.83. The molecular formula is C24H31N3O4. The molecule has 7 heteroatoms. The Morgan fingerprint density at radius 2 is 1.58 bits per heavy atom. The predicted molar refractivity (Wildman–Crippen MR) is 123 cm³/mol. The lowest BCUT2D eigenvalue weighted by molar-refractivity contribution is -0.148. The summed E-state index contributed by atoms with van der Waals surface area (Å²) in [7, 11) is 0. The average Bonchev–Trinajstić information content (AvgIpc) is 2.78. The topological polar surface area (TPSA) is 70.2 Å². The molecule has 166 valence electrons. The molecule has 2 heterocycles. The molecule has 2 fully saturated rings. The molecule has 7 nitrogen and oxygen atoms in total. The summed E-state index contributed by atoms with van der Waals surface area (Å²) in [6.07, 6.45) is 1.30. The molecule has 0 radical (unpaired) electrons. The Morgan fingerprint density at radius 1 is 0.968 bits per heavy atom. The average molecular weight is 426 g/mol. The van der Waals surface area contributed by atoms with Gasteiger partial charge in [0.15, 0.2) is 0 Å². The predicted octanol–water partition coefficient (Wildman–Crippen LogP) is 2.09. The molecule has 0 amide bonds. The van der Waals surface area contributed by atoms with E-state index >= 15 is 0 Å². The van der Waals surface area contributed by atoms with Gasteiger partial charge in [-0.05, 0) is 45.7 Å². The molecule has 1 atom stereocenters. The van der Waals surface area contributed by atoms with Gasteiger partial charge >= 0.3 is 5.97 Å². The second-order valence-electron chi connectivity index (χ2n) is 8.69. The van der Waals surface area contributed by atoms with Crippen LogP contribution < -0.4 is 25.6 Å². The number of piperidine rings is 1. The number of piperazine rings is 1. The minimum atomic E-state index is -0.391. The highest BCUT2D eigenvalue weighted by atomic mass is 16.5. The molecule has 0 unspecified atom stereocenters. The van der Waals surface area contributed by atoms with Gasteiger partial charge in [-0.25, -0.2) is 0 Å². The van der Waals surface area contributed by atoms with E-state index in [9.17, 15) is 14.4 Å². The molecule has 2 aromatic rings. The third kappa shape index (κ3) is 4.05. The van der Waals surface area contributed by atoms with Crippen molar-refractivity contribution in [3.63, 3.8) is 0 Å². The molecule has 31 heavy (non-hydrogen) atoms. The molecule has 2 aliphatic heterocycles.